The van der Waals surface area contributed by atoms with Crippen molar-refractivity contribution in [3.63, 3.8) is 0 Å². The van der Waals surface area contributed by atoms with E-state index < -0.39 is 0 Å². The normalized spacial score (nSPS) is 23.4. The second-order valence-corrected chi connectivity index (χ2v) is 8.96. The van der Waals surface area contributed by atoms with Gasteiger partial charge in [0.05, 0.1) is 27.6 Å². The lowest BCUT2D eigenvalue weighted by molar-refractivity contribution is 0.360. The molecule has 3 aromatic heterocycles. The third kappa shape index (κ3) is 2.67. The molecule has 29 heavy (non-hydrogen) atoms. The van der Waals surface area contributed by atoms with Crippen molar-refractivity contribution in [2.45, 2.75) is 6.04 Å². The minimum Gasteiger partial charge on any atom is -0.355 e. The van der Waals surface area contributed by atoms with Crippen molar-refractivity contribution >= 4 is 27.4 Å². The molecule has 2 aliphatic rings. The summed E-state index contributed by atoms with van der Waals surface area (Å²) < 4.78 is 1.12. The maximum absolute atomic E-state index is 4.59. The number of hydrogen-bond acceptors (Lipinski definition) is 7. The van der Waals surface area contributed by atoms with E-state index in [0.717, 1.165) is 50.3 Å². The van der Waals surface area contributed by atoms with Gasteiger partial charge in [-0.15, -0.1) is 21.5 Å². The molecule has 8 heteroatoms. The number of fused-ring (bicyclic) bond motifs is 2. The molecule has 146 valence electrons. The number of aromatic amines is 1. The predicted octanol–water partition coefficient (Wildman–Crippen LogP) is 3.14. The summed E-state index contributed by atoms with van der Waals surface area (Å²) in [7, 11) is 4.35. The second-order valence-electron chi connectivity index (χ2n) is 8.10. The van der Waals surface area contributed by atoms with Crippen LogP contribution < -0.4 is 4.90 Å². The van der Waals surface area contributed by atoms with Crippen LogP contribution in [0.3, 0.4) is 0 Å². The highest BCUT2D eigenvalue weighted by Gasteiger charge is 2.57. The summed E-state index contributed by atoms with van der Waals surface area (Å²) in [5.74, 6) is 2.50. The van der Waals surface area contributed by atoms with Crippen LogP contribution in [0.2, 0.25) is 0 Å². The number of nitrogens with one attached hydrogen (secondary N) is 1. The summed E-state index contributed by atoms with van der Waals surface area (Å²) in [6, 6.07) is 8.98. The lowest BCUT2D eigenvalue weighted by Gasteiger charge is -2.22. The van der Waals surface area contributed by atoms with Crippen LogP contribution in [0.1, 0.15) is 0 Å². The first-order valence-corrected chi connectivity index (χ1v) is 10.7. The van der Waals surface area contributed by atoms with Gasteiger partial charge in [-0.1, -0.05) is 12.1 Å². The van der Waals surface area contributed by atoms with Gasteiger partial charge >= 0.3 is 0 Å². The minimum absolute atomic E-state index is 0.605. The molecule has 1 aliphatic heterocycles. The van der Waals surface area contributed by atoms with Crippen LogP contribution in [-0.4, -0.2) is 63.5 Å². The summed E-state index contributed by atoms with van der Waals surface area (Å²) in [5, 5.41) is 16.1. The van der Waals surface area contributed by atoms with Gasteiger partial charge in [0.15, 0.2) is 5.82 Å². The second kappa shape index (κ2) is 6.33. The van der Waals surface area contributed by atoms with Gasteiger partial charge in [-0.3, -0.25) is 5.10 Å². The molecule has 0 spiro atoms. The van der Waals surface area contributed by atoms with Crippen LogP contribution in [0.4, 0.5) is 5.82 Å². The smallest absolute Gasteiger partial charge is 0.151 e. The van der Waals surface area contributed by atoms with E-state index in [4.69, 9.17) is 0 Å². The Morgan fingerprint density at radius 2 is 1.93 bits per heavy atom. The SMILES string of the molecule is CN1CC2C(C1)C2N(C)c1ccc(-c2ccc(-c3cn[nH]c3)c3ncsc23)nn1. The zero-order chi connectivity index (χ0) is 19.5. The molecule has 0 radical (unpaired) electrons. The van der Waals surface area contributed by atoms with Crippen LogP contribution in [-0.2, 0) is 0 Å². The summed E-state index contributed by atoms with van der Waals surface area (Å²) in [6.45, 7) is 2.38. The van der Waals surface area contributed by atoms with Gasteiger partial charge in [-0.05, 0) is 31.0 Å². The van der Waals surface area contributed by atoms with Gasteiger partial charge in [0.25, 0.3) is 0 Å². The Bertz CT molecular complexity index is 1160. The number of likely N-dealkylation sites (tertiary alicyclic amines) is 1. The molecule has 6 rings (SSSR count). The zero-order valence-electron chi connectivity index (χ0n) is 16.3. The number of aromatic nitrogens is 5. The first-order chi connectivity index (χ1) is 14.2. The molecule has 1 N–H and O–H groups in total. The molecule has 0 bridgehead atoms. The molecule has 2 unspecified atom stereocenters. The van der Waals surface area contributed by atoms with E-state index in [1.807, 2.05) is 17.9 Å². The monoisotopic (exact) mass is 403 g/mol. The molecule has 7 nitrogen and oxygen atoms in total. The van der Waals surface area contributed by atoms with Gasteiger partial charge in [0.1, 0.15) is 0 Å². The molecule has 2 fully saturated rings. The highest BCUT2D eigenvalue weighted by molar-refractivity contribution is 7.17. The fourth-order valence-electron chi connectivity index (χ4n) is 4.87. The number of nitrogens with zero attached hydrogens (tertiary/aromatic N) is 6. The molecular formula is C21H21N7S. The zero-order valence-corrected chi connectivity index (χ0v) is 17.1. The van der Waals surface area contributed by atoms with E-state index in [2.05, 4.69) is 73.5 Å². The van der Waals surface area contributed by atoms with E-state index in [0.29, 0.717) is 6.04 Å². The van der Waals surface area contributed by atoms with Crippen molar-refractivity contribution in [2.75, 3.05) is 32.1 Å². The fraction of sp³-hybridized carbons (Fsp3) is 0.333. The Morgan fingerprint density at radius 1 is 1.10 bits per heavy atom. The molecule has 1 saturated carbocycles. The highest BCUT2D eigenvalue weighted by Crippen LogP contribution is 2.48. The number of benzene rings is 1. The van der Waals surface area contributed by atoms with Crippen LogP contribution in [0.25, 0.3) is 32.6 Å². The van der Waals surface area contributed by atoms with E-state index in [1.165, 1.54) is 13.1 Å². The van der Waals surface area contributed by atoms with E-state index in [1.54, 1.807) is 11.3 Å². The minimum atomic E-state index is 0.605. The van der Waals surface area contributed by atoms with Crippen LogP contribution in [0, 0.1) is 11.8 Å². The average Bonchev–Trinajstić information content (AvgIpc) is 3.26. The number of H-pyrrole nitrogens is 1. The third-order valence-electron chi connectivity index (χ3n) is 6.36. The highest BCUT2D eigenvalue weighted by atomic mass is 32.1. The number of piperidine rings is 1. The lowest BCUT2D eigenvalue weighted by Crippen LogP contribution is -2.31. The molecule has 1 aromatic carbocycles. The molecule has 4 aromatic rings. The number of rotatable bonds is 4. The summed E-state index contributed by atoms with van der Waals surface area (Å²) in [5.41, 5.74) is 6.93. The topological polar surface area (TPSA) is 73.8 Å². The standard InChI is InChI=1S/C21H21N7S/c1-27-9-15-16(10-27)20(15)28(2)18-6-5-17(25-26-18)14-4-3-13(12-7-23-24-8-12)19-21(14)29-11-22-19/h3-8,11,15-16,20H,9-10H2,1-2H3,(H,23,24). The number of thiazole rings is 1. The van der Waals surface area contributed by atoms with E-state index in [-0.39, 0.29) is 0 Å². The summed E-state index contributed by atoms with van der Waals surface area (Å²) >= 11 is 1.63. The van der Waals surface area contributed by atoms with Crippen molar-refractivity contribution in [2.24, 2.45) is 11.8 Å². The maximum Gasteiger partial charge on any atom is 0.151 e. The summed E-state index contributed by atoms with van der Waals surface area (Å²) in [4.78, 5) is 9.32. The third-order valence-corrected chi connectivity index (χ3v) is 7.22. The largest absolute Gasteiger partial charge is 0.355 e. The quantitative estimate of drug-likeness (QED) is 0.564. The van der Waals surface area contributed by atoms with Gasteiger partial charge in [-0.2, -0.15) is 5.10 Å². The first kappa shape index (κ1) is 17.1. The molecule has 4 heterocycles. The fourth-order valence-corrected chi connectivity index (χ4v) is 5.71. The molecule has 0 amide bonds. The summed E-state index contributed by atoms with van der Waals surface area (Å²) in [6.07, 6.45) is 3.71. The predicted molar refractivity (Wildman–Crippen MR) is 115 cm³/mol. The average molecular weight is 404 g/mol. The van der Waals surface area contributed by atoms with Crippen molar-refractivity contribution in [3.05, 3.63) is 42.2 Å². The van der Waals surface area contributed by atoms with Crippen LogP contribution in [0.5, 0.6) is 0 Å². The molecule has 1 aliphatic carbocycles. The number of hydrogen-bond donors (Lipinski definition) is 1. The number of anilines is 1. The lowest BCUT2D eigenvalue weighted by atomic mass is 10.0. The van der Waals surface area contributed by atoms with Gasteiger partial charge in [0.2, 0.25) is 0 Å². The van der Waals surface area contributed by atoms with Crippen molar-refractivity contribution in [1.82, 2.24) is 30.3 Å². The Kier molecular flexibility index (Phi) is 3.72. The Hall–Kier alpha value is -2.84. The molecular weight excluding hydrogens is 382 g/mol. The maximum atomic E-state index is 4.59. The Balaban J connectivity index is 1.30. The van der Waals surface area contributed by atoms with E-state index in [9.17, 15) is 0 Å². The van der Waals surface area contributed by atoms with Gasteiger partial charge < -0.3 is 9.80 Å². The first-order valence-electron chi connectivity index (χ1n) is 9.81. The van der Waals surface area contributed by atoms with E-state index >= 15 is 0 Å². The van der Waals surface area contributed by atoms with Gasteiger partial charge in [0, 0.05) is 49.1 Å². The molecule has 1 saturated heterocycles. The van der Waals surface area contributed by atoms with Crippen molar-refractivity contribution in [3.8, 4) is 22.4 Å². The Morgan fingerprint density at radius 3 is 2.66 bits per heavy atom. The van der Waals surface area contributed by atoms with Gasteiger partial charge in [-0.25, -0.2) is 4.98 Å². The molecule has 2 atom stereocenters. The van der Waals surface area contributed by atoms with Crippen molar-refractivity contribution in [1.29, 1.82) is 0 Å². The van der Waals surface area contributed by atoms with Crippen LogP contribution >= 0.6 is 11.3 Å². The Labute approximate surface area is 172 Å². The van der Waals surface area contributed by atoms with Crippen molar-refractivity contribution < 1.29 is 0 Å². The van der Waals surface area contributed by atoms with Crippen LogP contribution in [0.15, 0.2) is 42.2 Å².